The van der Waals surface area contributed by atoms with Crippen molar-refractivity contribution in [3.63, 3.8) is 0 Å². The molecule has 1 fully saturated rings. The molecule has 82 valence electrons. The van der Waals surface area contributed by atoms with Crippen molar-refractivity contribution in [3.8, 4) is 0 Å². The molecule has 0 saturated carbocycles. The van der Waals surface area contributed by atoms with E-state index in [1.807, 2.05) is 7.05 Å². The van der Waals surface area contributed by atoms with Crippen LogP contribution in [-0.4, -0.2) is 48.3 Å². The molecule has 14 heavy (non-hydrogen) atoms. The van der Waals surface area contributed by atoms with Crippen molar-refractivity contribution in [2.45, 2.75) is 31.9 Å². The Balaban J connectivity index is 2.30. The zero-order valence-electron chi connectivity index (χ0n) is 8.81. The lowest BCUT2D eigenvalue weighted by Crippen LogP contribution is -2.38. The minimum Gasteiger partial charge on any atom is -0.409 e. The third-order valence-electron chi connectivity index (χ3n) is 2.75. The van der Waals surface area contributed by atoms with Gasteiger partial charge < -0.3 is 20.6 Å². The summed E-state index contributed by atoms with van der Waals surface area (Å²) in [6, 6.07) is 0.460. The smallest absolute Gasteiger partial charge is 0.140 e. The molecular formula is C9H19N3O2. The summed E-state index contributed by atoms with van der Waals surface area (Å²) in [6.07, 6.45) is 1.94. The van der Waals surface area contributed by atoms with Crippen LogP contribution in [0.1, 0.15) is 19.8 Å². The van der Waals surface area contributed by atoms with Gasteiger partial charge in [0.2, 0.25) is 0 Å². The molecule has 0 bridgehead atoms. The van der Waals surface area contributed by atoms with Gasteiger partial charge in [-0.2, -0.15) is 0 Å². The second-order valence-corrected chi connectivity index (χ2v) is 3.75. The van der Waals surface area contributed by atoms with Gasteiger partial charge in [-0.25, -0.2) is 0 Å². The molecule has 0 aromatic rings. The van der Waals surface area contributed by atoms with Gasteiger partial charge in [-0.15, -0.1) is 0 Å². The molecule has 2 atom stereocenters. The first-order chi connectivity index (χ1) is 6.65. The number of amidine groups is 1. The average molecular weight is 201 g/mol. The molecule has 0 aromatic carbocycles. The minimum absolute atomic E-state index is 0.281. The first kappa shape index (κ1) is 11.3. The lowest BCUT2D eigenvalue weighted by molar-refractivity contribution is 0.0845. The Labute approximate surface area is 84.5 Å². The van der Waals surface area contributed by atoms with Crippen LogP contribution in [0.15, 0.2) is 5.16 Å². The van der Waals surface area contributed by atoms with Crippen molar-refractivity contribution in [2.24, 2.45) is 10.9 Å². The largest absolute Gasteiger partial charge is 0.409 e. The van der Waals surface area contributed by atoms with Gasteiger partial charge in [-0.1, -0.05) is 5.16 Å². The summed E-state index contributed by atoms with van der Waals surface area (Å²) in [6.45, 7) is 3.71. The predicted molar refractivity (Wildman–Crippen MR) is 54.5 cm³/mol. The van der Waals surface area contributed by atoms with Crippen molar-refractivity contribution in [2.75, 3.05) is 20.2 Å². The first-order valence-electron chi connectivity index (χ1n) is 4.93. The van der Waals surface area contributed by atoms with Gasteiger partial charge in [0.15, 0.2) is 0 Å². The van der Waals surface area contributed by atoms with Gasteiger partial charge in [-0.3, -0.25) is 0 Å². The molecule has 1 aliphatic rings. The average Bonchev–Trinajstić information content (AvgIpc) is 2.60. The number of ether oxygens (including phenoxy) is 1. The van der Waals surface area contributed by atoms with Crippen LogP contribution in [0, 0.1) is 0 Å². The predicted octanol–water partition coefficient (Wildman–Crippen LogP) is 0.232. The van der Waals surface area contributed by atoms with Crippen molar-refractivity contribution in [1.29, 1.82) is 0 Å². The fourth-order valence-electron chi connectivity index (χ4n) is 1.81. The molecule has 5 nitrogen and oxygen atoms in total. The third kappa shape index (κ3) is 2.85. The Kier molecular flexibility index (Phi) is 4.16. The van der Waals surface area contributed by atoms with E-state index in [2.05, 4.69) is 17.0 Å². The van der Waals surface area contributed by atoms with Crippen molar-refractivity contribution >= 4 is 5.84 Å². The molecule has 1 rings (SSSR count). The van der Waals surface area contributed by atoms with Gasteiger partial charge in [0.1, 0.15) is 5.84 Å². The Morgan fingerprint density at radius 1 is 1.71 bits per heavy atom. The number of nitrogens with zero attached hydrogens (tertiary/aromatic N) is 2. The summed E-state index contributed by atoms with van der Waals surface area (Å²) in [5, 5.41) is 11.3. The van der Waals surface area contributed by atoms with Gasteiger partial charge in [0, 0.05) is 25.6 Å². The Morgan fingerprint density at radius 2 is 2.43 bits per heavy atom. The van der Waals surface area contributed by atoms with Crippen LogP contribution < -0.4 is 5.73 Å². The molecule has 3 N–H and O–H groups in total. The van der Waals surface area contributed by atoms with E-state index in [-0.39, 0.29) is 11.9 Å². The van der Waals surface area contributed by atoms with E-state index in [4.69, 9.17) is 15.7 Å². The number of likely N-dealkylation sites (N-methyl/N-ethyl adjacent to an activating group) is 1. The Morgan fingerprint density at radius 3 is 2.93 bits per heavy atom. The SMILES string of the molecule is CC1OCCC1N(C)CCC(N)=NO. The van der Waals surface area contributed by atoms with Crippen molar-refractivity contribution in [1.82, 2.24) is 4.90 Å². The highest BCUT2D eigenvalue weighted by molar-refractivity contribution is 5.79. The van der Waals surface area contributed by atoms with E-state index in [0.29, 0.717) is 12.5 Å². The maximum atomic E-state index is 8.38. The van der Waals surface area contributed by atoms with Gasteiger partial charge in [0.05, 0.1) is 6.10 Å². The number of hydrogen-bond acceptors (Lipinski definition) is 4. The number of nitrogens with two attached hydrogens (primary N) is 1. The van der Waals surface area contributed by atoms with E-state index >= 15 is 0 Å². The highest BCUT2D eigenvalue weighted by atomic mass is 16.5. The first-order valence-corrected chi connectivity index (χ1v) is 4.93. The van der Waals surface area contributed by atoms with E-state index in [1.54, 1.807) is 0 Å². The van der Waals surface area contributed by atoms with E-state index < -0.39 is 0 Å². The van der Waals surface area contributed by atoms with E-state index in [1.165, 1.54) is 0 Å². The van der Waals surface area contributed by atoms with Crippen molar-refractivity contribution < 1.29 is 9.94 Å². The second-order valence-electron chi connectivity index (χ2n) is 3.75. The summed E-state index contributed by atoms with van der Waals surface area (Å²) in [7, 11) is 2.04. The van der Waals surface area contributed by atoms with Crippen LogP contribution in [0.4, 0.5) is 0 Å². The van der Waals surface area contributed by atoms with Crippen molar-refractivity contribution in [3.05, 3.63) is 0 Å². The number of oxime groups is 1. The minimum atomic E-state index is 0.281. The quantitative estimate of drug-likeness (QED) is 0.296. The highest BCUT2D eigenvalue weighted by Gasteiger charge is 2.27. The zero-order chi connectivity index (χ0) is 10.6. The third-order valence-corrected chi connectivity index (χ3v) is 2.75. The molecule has 1 heterocycles. The monoisotopic (exact) mass is 201 g/mol. The molecule has 0 spiro atoms. The number of hydrogen-bond donors (Lipinski definition) is 2. The molecule has 1 aliphatic heterocycles. The molecule has 5 heteroatoms. The van der Waals surface area contributed by atoms with E-state index in [9.17, 15) is 0 Å². The zero-order valence-corrected chi connectivity index (χ0v) is 8.81. The fraction of sp³-hybridized carbons (Fsp3) is 0.889. The fourth-order valence-corrected chi connectivity index (χ4v) is 1.81. The van der Waals surface area contributed by atoms with E-state index in [0.717, 1.165) is 19.6 Å². The molecular weight excluding hydrogens is 182 g/mol. The van der Waals surface area contributed by atoms with Crippen LogP contribution >= 0.6 is 0 Å². The lowest BCUT2D eigenvalue weighted by Gasteiger charge is -2.26. The van der Waals surface area contributed by atoms with Gasteiger partial charge in [0.25, 0.3) is 0 Å². The summed E-state index contributed by atoms with van der Waals surface area (Å²) >= 11 is 0. The molecule has 0 aliphatic carbocycles. The molecule has 0 aromatic heterocycles. The summed E-state index contributed by atoms with van der Waals surface area (Å²) in [4.78, 5) is 2.20. The topological polar surface area (TPSA) is 71.1 Å². The maximum Gasteiger partial charge on any atom is 0.140 e. The molecule has 0 amide bonds. The summed E-state index contributed by atoms with van der Waals surface area (Å²) < 4.78 is 5.47. The van der Waals surface area contributed by atoms with Crippen LogP contribution in [0.5, 0.6) is 0 Å². The van der Waals surface area contributed by atoms with Crippen LogP contribution in [-0.2, 0) is 4.74 Å². The molecule has 0 radical (unpaired) electrons. The van der Waals surface area contributed by atoms with Crippen LogP contribution in [0.3, 0.4) is 0 Å². The van der Waals surface area contributed by atoms with Crippen LogP contribution in [0.2, 0.25) is 0 Å². The Bertz CT molecular complexity index is 208. The molecule has 1 saturated heterocycles. The van der Waals surface area contributed by atoms with Gasteiger partial charge >= 0.3 is 0 Å². The maximum absolute atomic E-state index is 8.38. The standard InChI is InChI=1S/C9H19N3O2/c1-7-8(4-6-14-7)12(2)5-3-9(10)11-13/h7-8,13H,3-6H2,1-2H3,(H2,10,11). The lowest BCUT2D eigenvalue weighted by atomic mass is 10.1. The molecule has 2 unspecified atom stereocenters. The second kappa shape index (κ2) is 5.17. The normalized spacial score (nSPS) is 28.6. The number of rotatable bonds is 4. The van der Waals surface area contributed by atoms with Crippen LogP contribution in [0.25, 0.3) is 0 Å². The summed E-state index contributed by atoms with van der Waals surface area (Å²) in [5.41, 5.74) is 5.40. The summed E-state index contributed by atoms with van der Waals surface area (Å²) in [5.74, 6) is 0.281. The van der Waals surface area contributed by atoms with Gasteiger partial charge in [-0.05, 0) is 20.4 Å². The highest BCUT2D eigenvalue weighted by Crippen LogP contribution is 2.17. The Hall–Kier alpha value is -0.810.